The van der Waals surface area contributed by atoms with Gasteiger partial charge in [0.25, 0.3) is 0 Å². The molecule has 1 rings (SSSR count). The Labute approximate surface area is 232 Å². The van der Waals surface area contributed by atoms with Gasteiger partial charge in [0.2, 0.25) is 17.7 Å². The fourth-order valence-electron chi connectivity index (χ4n) is 3.50. The van der Waals surface area contributed by atoms with Crippen LogP contribution in [-0.2, 0) is 25.6 Å². The van der Waals surface area contributed by atoms with Crippen LogP contribution in [0.5, 0.6) is 5.75 Å². The molecule has 0 aliphatic heterocycles. The van der Waals surface area contributed by atoms with Crippen molar-refractivity contribution in [1.29, 1.82) is 0 Å². The molecule has 218 valence electrons. The molecule has 0 saturated heterocycles. The molecule has 0 fully saturated rings. The highest BCUT2D eigenvalue weighted by Gasteiger charge is 2.30. The van der Waals surface area contributed by atoms with E-state index < -0.39 is 47.9 Å². The summed E-state index contributed by atoms with van der Waals surface area (Å²) in [4.78, 5) is 54.3. The maximum Gasteiger partial charge on any atom is 0.327 e. The molecule has 39 heavy (non-hydrogen) atoms. The number of carboxylic acid groups (broad SMARTS) is 1. The van der Waals surface area contributed by atoms with E-state index in [2.05, 4.69) is 33.6 Å². The van der Waals surface area contributed by atoms with Crippen molar-refractivity contribution in [3.05, 3.63) is 29.8 Å². The molecule has 13 N–H and O–H groups in total. The number of benzene rings is 1. The molecule has 0 aliphatic rings. The predicted octanol–water partition coefficient (Wildman–Crippen LogP) is -2.09. The van der Waals surface area contributed by atoms with Crippen molar-refractivity contribution in [2.45, 2.75) is 62.7 Å². The van der Waals surface area contributed by atoms with Crippen molar-refractivity contribution in [2.24, 2.45) is 27.9 Å². The molecule has 0 heterocycles. The number of aromatic hydroxyl groups is 1. The van der Waals surface area contributed by atoms with Crippen molar-refractivity contribution in [3.8, 4) is 5.75 Å². The van der Waals surface area contributed by atoms with Crippen molar-refractivity contribution >= 4 is 42.3 Å². The number of carbonyl (C=O) groups excluding carboxylic acids is 3. The Morgan fingerprint density at radius 1 is 0.872 bits per heavy atom. The number of carbonyl (C=O) groups is 4. The van der Waals surface area contributed by atoms with Gasteiger partial charge in [0.15, 0.2) is 5.96 Å². The normalized spacial score (nSPS) is 13.8. The molecule has 4 atom stereocenters. The first kappa shape index (κ1) is 33.5. The van der Waals surface area contributed by atoms with Gasteiger partial charge in [-0.2, -0.15) is 12.6 Å². The summed E-state index contributed by atoms with van der Waals surface area (Å²) in [7, 11) is 0. The van der Waals surface area contributed by atoms with E-state index in [1.54, 1.807) is 12.1 Å². The zero-order chi connectivity index (χ0) is 29.4. The van der Waals surface area contributed by atoms with E-state index in [4.69, 9.17) is 22.9 Å². The number of phenols is 1. The molecule has 15 heteroatoms. The number of nitrogens with one attached hydrogen (secondary N) is 3. The Kier molecular flexibility index (Phi) is 15.3. The molecule has 3 amide bonds. The lowest BCUT2D eigenvalue weighted by atomic mass is 10.0. The van der Waals surface area contributed by atoms with Gasteiger partial charge in [-0.3, -0.25) is 19.4 Å². The number of guanidine groups is 1. The third kappa shape index (κ3) is 13.2. The topological polar surface area (TPSA) is 261 Å². The molecule has 0 spiro atoms. The van der Waals surface area contributed by atoms with Crippen molar-refractivity contribution in [3.63, 3.8) is 0 Å². The SMILES string of the molecule is NCCCCC(N)C(=O)NC(Cc1ccc(O)cc1)C(=O)NC(CCCN=C(N)N)C(=O)NC(CS)C(=O)O. The second kappa shape index (κ2) is 17.9. The van der Waals surface area contributed by atoms with Gasteiger partial charge in [0.1, 0.15) is 23.9 Å². The zero-order valence-electron chi connectivity index (χ0n) is 21.7. The Morgan fingerprint density at radius 3 is 2.03 bits per heavy atom. The molecule has 1 aromatic rings. The van der Waals surface area contributed by atoms with Gasteiger partial charge in [-0.15, -0.1) is 0 Å². The molecule has 0 saturated carbocycles. The largest absolute Gasteiger partial charge is 0.508 e. The van der Waals surface area contributed by atoms with Crippen molar-refractivity contribution < 1.29 is 29.4 Å². The summed E-state index contributed by atoms with van der Waals surface area (Å²) < 4.78 is 0. The minimum absolute atomic E-state index is 0.0281. The van der Waals surface area contributed by atoms with Gasteiger partial charge in [0.05, 0.1) is 6.04 Å². The van der Waals surface area contributed by atoms with Crippen LogP contribution >= 0.6 is 12.6 Å². The summed E-state index contributed by atoms with van der Waals surface area (Å²) in [5, 5.41) is 26.4. The lowest BCUT2D eigenvalue weighted by Crippen LogP contribution is -2.57. The molecule has 4 unspecified atom stereocenters. The van der Waals surface area contributed by atoms with Crippen LogP contribution in [0.3, 0.4) is 0 Å². The maximum absolute atomic E-state index is 13.4. The molecular weight excluding hydrogens is 528 g/mol. The quantitative estimate of drug-likeness (QED) is 0.0399. The second-order valence-corrected chi connectivity index (χ2v) is 9.28. The van der Waals surface area contributed by atoms with Crippen molar-refractivity contribution in [2.75, 3.05) is 18.8 Å². The predicted molar refractivity (Wildman–Crippen MR) is 150 cm³/mol. The Balaban J connectivity index is 3.11. The summed E-state index contributed by atoms with van der Waals surface area (Å²) in [6.07, 6.45) is 2.09. The molecule has 0 aliphatic carbocycles. The van der Waals surface area contributed by atoms with Crippen LogP contribution in [0.25, 0.3) is 0 Å². The highest BCUT2D eigenvalue weighted by molar-refractivity contribution is 7.80. The first-order valence-electron chi connectivity index (χ1n) is 12.5. The standard InChI is InChI=1S/C24H40N8O6S/c25-10-2-1-4-16(26)20(34)31-18(12-14-6-8-15(33)9-7-14)22(36)30-17(5-3-11-29-24(27)28)21(35)32-19(13-39)23(37)38/h6-9,16-19,33,39H,1-5,10-13,25-26H2,(H,30,36)(H,31,34)(H,32,35)(H,37,38)(H4,27,28,29). The van der Waals surface area contributed by atoms with E-state index in [0.29, 0.717) is 31.4 Å². The van der Waals surface area contributed by atoms with E-state index in [1.807, 2.05) is 0 Å². The van der Waals surface area contributed by atoms with Crippen LogP contribution in [0.2, 0.25) is 0 Å². The number of hydrogen-bond acceptors (Lipinski definition) is 9. The Morgan fingerprint density at radius 2 is 1.46 bits per heavy atom. The Hall–Kier alpha value is -3.56. The monoisotopic (exact) mass is 568 g/mol. The van der Waals surface area contributed by atoms with Gasteiger partial charge in [-0.1, -0.05) is 18.6 Å². The summed E-state index contributed by atoms with van der Waals surface area (Å²) in [5.41, 5.74) is 22.8. The molecule has 1 aromatic carbocycles. The highest BCUT2D eigenvalue weighted by Crippen LogP contribution is 2.12. The average molecular weight is 569 g/mol. The smallest absolute Gasteiger partial charge is 0.327 e. The number of amides is 3. The summed E-state index contributed by atoms with van der Waals surface area (Å²) >= 11 is 3.95. The van der Waals surface area contributed by atoms with Crippen LogP contribution in [0.15, 0.2) is 29.3 Å². The minimum atomic E-state index is -1.29. The number of phenolic OH excluding ortho intramolecular Hbond substituents is 1. The highest BCUT2D eigenvalue weighted by atomic mass is 32.1. The lowest BCUT2D eigenvalue weighted by molar-refractivity contribution is -0.141. The molecule has 14 nitrogen and oxygen atoms in total. The molecule has 0 aromatic heterocycles. The van der Waals surface area contributed by atoms with Crippen LogP contribution in [-0.4, -0.2) is 82.9 Å². The molecular formula is C24H40N8O6S. The summed E-state index contributed by atoms with van der Waals surface area (Å²) in [5.74, 6) is -3.56. The van der Waals surface area contributed by atoms with Gasteiger partial charge >= 0.3 is 5.97 Å². The number of hydrogen-bond donors (Lipinski definition) is 10. The molecule has 0 bridgehead atoms. The van der Waals surface area contributed by atoms with E-state index in [1.165, 1.54) is 12.1 Å². The number of aliphatic imine (C=N–C) groups is 1. The number of unbranched alkanes of at least 4 members (excludes halogenated alkanes) is 1. The second-order valence-electron chi connectivity index (χ2n) is 8.91. The van der Waals surface area contributed by atoms with Crippen molar-refractivity contribution in [1.82, 2.24) is 16.0 Å². The minimum Gasteiger partial charge on any atom is -0.508 e. The number of nitrogens with two attached hydrogens (primary N) is 4. The first-order valence-corrected chi connectivity index (χ1v) is 13.1. The summed E-state index contributed by atoms with van der Waals surface area (Å²) in [6.45, 7) is 0.630. The Bertz CT molecular complexity index is 974. The lowest BCUT2D eigenvalue weighted by Gasteiger charge is -2.25. The van der Waals surface area contributed by atoms with Crippen LogP contribution in [0, 0.1) is 0 Å². The number of thiol groups is 1. The summed E-state index contributed by atoms with van der Waals surface area (Å²) in [6, 6.07) is 1.61. The van der Waals surface area contributed by atoms with E-state index >= 15 is 0 Å². The zero-order valence-corrected chi connectivity index (χ0v) is 22.6. The van der Waals surface area contributed by atoms with E-state index in [0.717, 1.165) is 0 Å². The van der Waals surface area contributed by atoms with Gasteiger partial charge < -0.3 is 49.1 Å². The van der Waals surface area contributed by atoms with E-state index in [9.17, 15) is 29.4 Å². The van der Waals surface area contributed by atoms with Crippen LogP contribution in [0.4, 0.5) is 0 Å². The third-order valence-corrected chi connectivity index (χ3v) is 6.06. The fraction of sp³-hybridized carbons (Fsp3) is 0.542. The fourth-order valence-corrected chi connectivity index (χ4v) is 3.75. The van der Waals surface area contributed by atoms with Gasteiger partial charge in [-0.05, 0) is 49.9 Å². The number of nitrogens with zero attached hydrogens (tertiary/aromatic N) is 1. The third-order valence-electron chi connectivity index (χ3n) is 5.69. The van der Waals surface area contributed by atoms with Crippen LogP contribution in [0.1, 0.15) is 37.7 Å². The maximum atomic E-state index is 13.4. The van der Waals surface area contributed by atoms with Gasteiger partial charge in [-0.25, -0.2) is 4.79 Å². The average Bonchev–Trinajstić information content (AvgIpc) is 2.89. The van der Waals surface area contributed by atoms with E-state index in [-0.39, 0.29) is 43.3 Å². The number of carboxylic acids is 1. The van der Waals surface area contributed by atoms with Gasteiger partial charge in [0, 0.05) is 18.7 Å². The first-order chi connectivity index (χ1) is 18.5. The number of rotatable bonds is 18. The number of aliphatic carboxylic acids is 1. The molecule has 0 radical (unpaired) electrons. The van der Waals surface area contributed by atoms with Crippen LogP contribution < -0.4 is 38.9 Å².